The number of rotatable bonds is 0. The van der Waals surface area contributed by atoms with E-state index in [4.69, 9.17) is 0 Å². The zero-order valence-electron chi connectivity index (χ0n) is 4.12. The summed E-state index contributed by atoms with van der Waals surface area (Å²) in [6.07, 6.45) is 1.00. The summed E-state index contributed by atoms with van der Waals surface area (Å²) in [5, 5.41) is 0. The molecule has 0 aliphatic rings. The first-order valence-electron chi connectivity index (χ1n) is 1.21. The van der Waals surface area contributed by atoms with E-state index in [1.807, 2.05) is 6.92 Å². The standard InChI is InChI=1S/C3H7.Zn.H/c1-3-2;;/h1,3H2,2H3;;/q-1;+2;-1. The van der Waals surface area contributed by atoms with Crippen LogP contribution in [-0.4, -0.2) is 0 Å². The predicted octanol–water partition coefficient (Wildman–Crippen LogP) is 1.34. The third kappa shape index (κ3) is 17.8. The van der Waals surface area contributed by atoms with Crippen molar-refractivity contribution in [2.75, 3.05) is 0 Å². The maximum atomic E-state index is 3.49. The molecule has 4 heavy (non-hydrogen) atoms. The van der Waals surface area contributed by atoms with Crippen molar-refractivity contribution in [1.29, 1.82) is 0 Å². The van der Waals surface area contributed by atoms with Gasteiger partial charge in [0.2, 0.25) is 0 Å². The van der Waals surface area contributed by atoms with Crippen LogP contribution in [0.5, 0.6) is 0 Å². The van der Waals surface area contributed by atoms with E-state index in [9.17, 15) is 0 Å². The fraction of sp³-hybridized carbons (Fsp3) is 0.667. The second-order valence-electron chi connectivity index (χ2n) is 0.500. The van der Waals surface area contributed by atoms with E-state index in [1.54, 1.807) is 0 Å². The zero-order chi connectivity index (χ0) is 2.71. The molecule has 0 bridgehead atoms. The van der Waals surface area contributed by atoms with E-state index in [0.717, 1.165) is 6.42 Å². The predicted molar refractivity (Wildman–Crippen MR) is 16.8 cm³/mol. The summed E-state index contributed by atoms with van der Waals surface area (Å²) in [5.41, 5.74) is 0. The maximum Gasteiger partial charge on any atom is 2.00 e. The second-order valence-corrected chi connectivity index (χ2v) is 0.500. The molecule has 0 atom stereocenters. The van der Waals surface area contributed by atoms with Crippen LogP contribution in [0.4, 0.5) is 0 Å². The van der Waals surface area contributed by atoms with Crippen molar-refractivity contribution in [2.45, 2.75) is 13.3 Å². The normalized spacial score (nSPS) is 4.50. The van der Waals surface area contributed by atoms with Gasteiger partial charge in [0.15, 0.2) is 0 Å². The second kappa shape index (κ2) is 9.46. The first-order chi connectivity index (χ1) is 1.41. The molecule has 0 nitrogen and oxygen atoms in total. The van der Waals surface area contributed by atoms with Crippen molar-refractivity contribution in [2.24, 2.45) is 0 Å². The van der Waals surface area contributed by atoms with E-state index in [-0.39, 0.29) is 20.9 Å². The molecule has 0 fully saturated rings. The average molecular weight is 109 g/mol. The van der Waals surface area contributed by atoms with Gasteiger partial charge in [0.1, 0.15) is 0 Å². The van der Waals surface area contributed by atoms with Gasteiger partial charge in [-0.2, -0.15) is 6.42 Å². The van der Waals surface area contributed by atoms with Gasteiger partial charge in [-0.25, -0.2) is 0 Å². The molecule has 0 aromatic heterocycles. The van der Waals surface area contributed by atoms with Gasteiger partial charge in [-0.05, 0) is 0 Å². The van der Waals surface area contributed by atoms with Crippen LogP contribution in [0.1, 0.15) is 14.8 Å². The van der Waals surface area contributed by atoms with Crippen molar-refractivity contribution in [3.05, 3.63) is 6.92 Å². The maximum absolute atomic E-state index is 3.49. The molecule has 0 heterocycles. The molecule has 0 radical (unpaired) electrons. The molecule has 0 unspecified atom stereocenters. The first kappa shape index (κ1) is 8.82. The first-order valence-corrected chi connectivity index (χ1v) is 1.21. The van der Waals surface area contributed by atoms with Gasteiger partial charge in [0.25, 0.3) is 0 Å². The molecule has 0 amide bonds. The molecule has 0 aliphatic heterocycles. The Hall–Kier alpha value is 0.623. The van der Waals surface area contributed by atoms with Gasteiger partial charge in [0.05, 0.1) is 0 Å². The minimum Gasteiger partial charge on any atom is -1.00 e. The van der Waals surface area contributed by atoms with Crippen LogP contribution in [0.2, 0.25) is 0 Å². The van der Waals surface area contributed by atoms with E-state index in [1.165, 1.54) is 0 Å². The van der Waals surface area contributed by atoms with Gasteiger partial charge < -0.3 is 8.35 Å². The Labute approximate surface area is 41.8 Å². The van der Waals surface area contributed by atoms with Crippen molar-refractivity contribution in [3.63, 3.8) is 0 Å². The molecule has 0 spiro atoms. The Morgan fingerprint density at radius 2 is 2.00 bits per heavy atom. The molecular weight excluding hydrogens is 101 g/mol. The molecular formula is C3H8Zn. The molecule has 0 saturated carbocycles. The molecule has 0 saturated heterocycles. The zero-order valence-corrected chi connectivity index (χ0v) is 6.09. The Bertz CT molecular complexity index is 6.85. The quantitative estimate of drug-likeness (QED) is 0.325. The monoisotopic (exact) mass is 108 g/mol. The van der Waals surface area contributed by atoms with Crippen LogP contribution in [0.3, 0.4) is 0 Å². The van der Waals surface area contributed by atoms with E-state index in [0.29, 0.717) is 0 Å². The fourth-order valence-corrected chi connectivity index (χ4v) is 0. The summed E-state index contributed by atoms with van der Waals surface area (Å²) >= 11 is 0. The number of hydrogen-bond acceptors (Lipinski definition) is 0. The summed E-state index contributed by atoms with van der Waals surface area (Å²) in [7, 11) is 0. The van der Waals surface area contributed by atoms with E-state index in [2.05, 4.69) is 6.92 Å². The van der Waals surface area contributed by atoms with Crippen LogP contribution in [0.25, 0.3) is 0 Å². The third-order valence-corrected chi connectivity index (χ3v) is 0. The Morgan fingerprint density at radius 1 is 2.00 bits per heavy atom. The molecule has 0 aliphatic carbocycles. The summed E-state index contributed by atoms with van der Waals surface area (Å²) in [6, 6.07) is 0. The van der Waals surface area contributed by atoms with Crippen LogP contribution in [0.15, 0.2) is 0 Å². The fourth-order valence-electron chi connectivity index (χ4n) is 0. The topological polar surface area (TPSA) is 0 Å². The summed E-state index contributed by atoms with van der Waals surface area (Å²) in [5.74, 6) is 0. The molecule has 22 valence electrons. The molecule has 0 aromatic rings. The van der Waals surface area contributed by atoms with Crippen LogP contribution in [0, 0.1) is 6.92 Å². The van der Waals surface area contributed by atoms with Crippen LogP contribution >= 0.6 is 0 Å². The van der Waals surface area contributed by atoms with Gasteiger partial charge in [-0.15, -0.1) is 0 Å². The van der Waals surface area contributed by atoms with Crippen molar-refractivity contribution < 1.29 is 20.9 Å². The number of hydrogen-bond donors (Lipinski definition) is 0. The summed E-state index contributed by atoms with van der Waals surface area (Å²) < 4.78 is 0. The largest absolute Gasteiger partial charge is 2.00 e. The molecule has 0 rings (SSSR count). The van der Waals surface area contributed by atoms with Crippen molar-refractivity contribution in [1.82, 2.24) is 0 Å². The van der Waals surface area contributed by atoms with Crippen LogP contribution < -0.4 is 0 Å². The molecule has 0 N–H and O–H groups in total. The molecule has 0 aromatic carbocycles. The minimum atomic E-state index is 0. The summed E-state index contributed by atoms with van der Waals surface area (Å²) in [6.45, 7) is 5.50. The summed E-state index contributed by atoms with van der Waals surface area (Å²) in [4.78, 5) is 0. The minimum absolute atomic E-state index is 0. The third-order valence-electron chi connectivity index (χ3n) is 0. The SMILES string of the molecule is [CH2-]CC.[H-].[Zn+2]. The van der Waals surface area contributed by atoms with Gasteiger partial charge >= 0.3 is 19.5 Å². The van der Waals surface area contributed by atoms with Crippen molar-refractivity contribution >= 4 is 0 Å². The van der Waals surface area contributed by atoms with Gasteiger partial charge in [-0.1, -0.05) is 6.92 Å². The molecule has 1 heteroatoms. The Balaban J connectivity index is -0.0000000200. The Kier molecular flexibility index (Phi) is 20.9. The Morgan fingerprint density at radius 3 is 2.00 bits per heavy atom. The van der Waals surface area contributed by atoms with E-state index >= 15 is 0 Å². The average Bonchev–Trinajstić information content (AvgIpc) is 0.918. The van der Waals surface area contributed by atoms with Crippen molar-refractivity contribution in [3.8, 4) is 0 Å². The van der Waals surface area contributed by atoms with E-state index < -0.39 is 0 Å². The van der Waals surface area contributed by atoms with Crippen LogP contribution in [-0.2, 0) is 19.5 Å². The van der Waals surface area contributed by atoms with Gasteiger partial charge in [-0.3, -0.25) is 0 Å². The van der Waals surface area contributed by atoms with Gasteiger partial charge in [0, 0.05) is 0 Å². The smallest absolute Gasteiger partial charge is 1.00 e.